The molecule has 30 heavy (non-hydrogen) atoms. The summed E-state index contributed by atoms with van der Waals surface area (Å²) in [6.45, 7) is 0. The van der Waals surface area contributed by atoms with E-state index in [2.05, 4.69) is 18.2 Å². The van der Waals surface area contributed by atoms with Crippen LogP contribution in [0.25, 0.3) is 11.1 Å². The number of hydrogen-bond acceptors (Lipinski definition) is 4. The lowest BCUT2D eigenvalue weighted by molar-refractivity contribution is 0.135. The molecule has 0 saturated heterocycles. The lowest BCUT2D eigenvalue weighted by Gasteiger charge is -2.35. The van der Waals surface area contributed by atoms with Gasteiger partial charge in [-0.2, -0.15) is 0 Å². The second-order valence-corrected chi connectivity index (χ2v) is 7.71. The van der Waals surface area contributed by atoms with E-state index in [9.17, 15) is 4.89 Å². The summed E-state index contributed by atoms with van der Waals surface area (Å²) in [5.41, 5.74) is 4.66. The molecule has 0 saturated carbocycles. The summed E-state index contributed by atoms with van der Waals surface area (Å²) in [7, 11) is -1.20. The highest BCUT2D eigenvalue weighted by Crippen LogP contribution is 2.47. The molecule has 1 aliphatic rings. The van der Waals surface area contributed by atoms with Crippen LogP contribution < -0.4 is 4.52 Å². The highest BCUT2D eigenvalue weighted by molar-refractivity contribution is 7.25. The van der Waals surface area contributed by atoms with Crippen LogP contribution in [0.4, 0.5) is 0 Å². The predicted molar refractivity (Wildman–Crippen MR) is 124 cm³/mol. The zero-order valence-corrected chi connectivity index (χ0v) is 18.2. The predicted octanol–water partition coefficient (Wildman–Crippen LogP) is 5.85. The van der Waals surface area contributed by atoms with E-state index in [0.717, 1.165) is 27.8 Å². The molecular weight excluding hydrogens is 414 g/mol. The van der Waals surface area contributed by atoms with Crippen LogP contribution in [0, 0.1) is 0 Å². The van der Waals surface area contributed by atoms with Crippen LogP contribution >= 0.6 is 18.1 Å². The van der Waals surface area contributed by atoms with E-state index in [1.54, 1.807) is 0 Å². The maximum absolute atomic E-state index is 9.69. The Balaban J connectivity index is 1.82. The van der Waals surface area contributed by atoms with Gasteiger partial charge < -0.3 is 18.8 Å². The van der Waals surface area contributed by atoms with Crippen LogP contribution in [0.1, 0.15) is 23.1 Å². The first-order valence-corrected chi connectivity index (χ1v) is 11.2. The summed E-state index contributed by atoms with van der Waals surface area (Å²) in [5.74, 6) is 0.629. The van der Waals surface area contributed by atoms with Crippen LogP contribution in [0.5, 0.6) is 5.75 Å². The Bertz CT molecular complexity index is 1030. The summed E-state index contributed by atoms with van der Waals surface area (Å²) >= 11 is 0. The lowest BCUT2D eigenvalue weighted by Crippen LogP contribution is -2.27. The molecule has 0 fully saturated rings. The molecule has 4 rings (SSSR count). The third kappa shape index (κ3) is 4.39. The molecule has 0 spiro atoms. The van der Waals surface area contributed by atoms with Crippen molar-refractivity contribution in [3.8, 4) is 5.75 Å². The zero-order valence-electron chi connectivity index (χ0n) is 16.2. The second kappa shape index (κ2) is 9.66. The van der Waals surface area contributed by atoms with Crippen molar-refractivity contribution in [1.82, 2.24) is 0 Å². The fraction of sp³-hybridized carbons (Fsp3) is 0.0833. The van der Waals surface area contributed by atoms with Gasteiger partial charge in [0.05, 0.1) is 0 Å². The molecule has 152 valence electrons. The van der Waals surface area contributed by atoms with Gasteiger partial charge in [-0.25, -0.2) is 0 Å². The Hall–Kier alpha value is -2.32. The smallest absolute Gasteiger partial charge is 0.212 e. The number of allylic oxidation sites excluding steroid dienone is 2. The third-order valence-corrected chi connectivity index (χ3v) is 6.01. The second-order valence-electron chi connectivity index (χ2n) is 6.93. The van der Waals surface area contributed by atoms with Crippen LogP contribution in [-0.2, 0) is 10.1 Å². The molecule has 3 unspecified atom stereocenters. The average molecular weight is 436 g/mol. The standard InChI is InChI=1S/C24H22O4P2/c25-29-27-21-13-11-19(12-14-21)22-15-16-24(28-30-26,20-9-5-2-6-10-20)17-23(22)18-7-3-1-4-8-18/h1-16,25-26,29-30H,17H2. The van der Waals surface area contributed by atoms with Crippen LogP contribution in [0.3, 0.4) is 0 Å². The Morgan fingerprint density at radius 3 is 2.03 bits per heavy atom. The molecule has 0 radical (unpaired) electrons. The fourth-order valence-corrected chi connectivity index (χ4v) is 4.45. The van der Waals surface area contributed by atoms with Gasteiger partial charge >= 0.3 is 0 Å². The monoisotopic (exact) mass is 436 g/mol. The third-order valence-electron chi connectivity index (χ3n) is 5.23. The first kappa shape index (κ1) is 20.9. The minimum Gasteiger partial charge on any atom is -0.450 e. The molecule has 1 aliphatic carbocycles. The maximum atomic E-state index is 9.69. The van der Waals surface area contributed by atoms with Gasteiger partial charge in [0.2, 0.25) is 9.03 Å². The van der Waals surface area contributed by atoms with Crippen molar-refractivity contribution in [2.75, 3.05) is 0 Å². The molecule has 0 amide bonds. The van der Waals surface area contributed by atoms with E-state index in [4.69, 9.17) is 13.9 Å². The summed E-state index contributed by atoms with van der Waals surface area (Å²) < 4.78 is 11.1. The Morgan fingerprint density at radius 1 is 0.733 bits per heavy atom. The first-order valence-electron chi connectivity index (χ1n) is 9.52. The van der Waals surface area contributed by atoms with Crippen molar-refractivity contribution in [1.29, 1.82) is 0 Å². The molecule has 3 aromatic carbocycles. The lowest BCUT2D eigenvalue weighted by atomic mass is 9.77. The van der Waals surface area contributed by atoms with Gasteiger partial charge in [-0.1, -0.05) is 78.9 Å². The van der Waals surface area contributed by atoms with Gasteiger partial charge in [0, 0.05) is 6.42 Å². The van der Waals surface area contributed by atoms with Gasteiger partial charge in [0.15, 0.2) is 9.03 Å². The highest BCUT2D eigenvalue weighted by Gasteiger charge is 2.35. The van der Waals surface area contributed by atoms with Gasteiger partial charge in [0.25, 0.3) is 0 Å². The highest BCUT2D eigenvalue weighted by atomic mass is 31.1. The van der Waals surface area contributed by atoms with E-state index in [0.29, 0.717) is 12.2 Å². The van der Waals surface area contributed by atoms with Crippen LogP contribution in [-0.4, -0.2) is 9.79 Å². The van der Waals surface area contributed by atoms with Gasteiger partial charge in [-0.15, -0.1) is 0 Å². The van der Waals surface area contributed by atoms with Gasteiger partial charge in [-0.3, -0.25) is 0 Å². The SMILES string of the molecule is OPOc1ccc(C2=C(c3ccccc3)CC(OPO)(c3ccccc3)C=C2)cc1. The van der Waals surface area contributed by atoms with Crippen molar-refractivity contribution < 1.29 is 18.8 Å². The van der Waals surface area contributed by atoms with E-state index < -0.39 is 23.7 Å². The number of hydrogen-bond donors (Lipinski definition) is 2. The molecule has 0 aromatic heterocycles. The zero-order chi connectivity index (χ0) is 20.8. The molecular formula is C24H22O4P2. The van der Waals surface area contributed by atoms with Gasteiger partial charge in [0.1, 0.15) is 11.4 Å². The van der Waals surface area contributed by atoms with Crippen LogP contribution in [0.2, 0.25) is 0 Å². The molecule has 3 aromatic rings. The molecule has 3 atom stereocenters. The summed E-state index contributed by atoms with van der Waals surface area (Å²) in [6, 6.07) is 27.9. The molecule has 0 aliphatic heterocycles. The number of benzene rings is 3. The van der Waals surface area contributed by atoms with Crippen molar-refractivity contribution >= 4 is 29.2 Å². The van der Waals surface area contributed by atoms with Crippen molar-refractivity contribution in [2.24, 2.45) is 0 Å². The summed E-state index contributed by atoms with van der Waals surface area (Å²) in [4.78, 5) is 18.7. The Labute approximate surface area is 179 Å². The maximum Gasteiger partial charge on any atom is 0.212 e. The Kier molecular flexibility index (Phi) is 6.74. The first-order chi connectivity index (χ1) is 14.8. The number of rotatable bonds is 7. The molecule has 0 bridgehead atoms. The molecule has 0 heterocycles. The van der Waals surface area contributed by atoms with Crippen molar-refractivity contribution in [3.63, 3.8) is 0 Å². The minimum atomic E-state index is -0.732. The summed E-state index contributed by atoms with van der Waals surface area (Å²) in [6.07, 6.45) is 4.70. The Morgan fingerprint density at radius 2 is 1.40 bits per heavy atom. The van der Waals surface area contributed by atoms with Crippen molar-refractivity contribution in [2.45, 2.75) is 12.0 Å². The molecule has 6 heteroatoms. The molecule has 4 nitrogen and oxygen atoms in total. The van der Waals surface area contributed by atoms with Crippen LogP contribution in [0.15, 0.2) is 97.1 Å². The van der Waals surface area contributed by atoms with Gasteiger partial charge in [-0.05, 0) is 46.0 Å². The van der Waals surface area contributed by atoms with Crippen molar-refractivity contribution in [3.05, 3.63) is 114 Å². The fourth-order valence-electron chi connectivity index (χ4n) is 3.79. The molecule has 2 N–H and O–H groups in total. The van der Waals surface area contributed by atoms with E-state index in [1.807, 2.05) is 78.9 Å². The summed E-state index contributed by atoms with van der Waals surface area (Å²) in [5, 5.41) is 0. The quantitative estimate of drug-likeness (QED) is 0.456. The normalized spacial score (nSPS) is 19.3. The van der Waals surface area contributed by atoms with E-state index in [-0.39, 0.29) is 0 Å². The average Bonchev–Trinajstić information content (AvgIpc) is 2.81. The minimum absolute atomic E-state index is 0.578. The largest absolute Gasteiger partial charge is 0.450 e. The topological polar surface area (TPSA) is 58.9 Å². The van der Waals surface area contributed by atoms with E-state index >= 15 is 0 Å². The van der Waals surface area contributed by atoms with E-state index in [1.165, 1.54) is 0 Å².